The van der Waals surface area contributed by atoms with Gasteiger partial charge in [-0.2, -0.15) is 5.26 Å². The van der Waals surface area contributed by atoms with Gasteiger partial charge in [0.15, 0.2) is 9.84 Å². The van der Waals surface area contributed by atoms with Crippen LogP contribution in [0.4, 0.5) is 0 Å². The SMILES string of the molecule is CC(C)S(=O)(=O)C[C@@H]1CCOC[C@@H]1c1ccc(-c2ccc(C#N)cc2)cc1. The largest absolute Gasteiger partial charge is 0.381 e. The van der Waals surface area contributed by atoms with Crippen LogP contribution in [0.1, 0.15) is 37.3 Å². The van der Waals surface area contributed by atoms with Crippen LogP contribution < -0.4 is 0 Å². The summed E-state index contributed by atoms with van der Waals surface area (Å²) in [5.74, 6) is 0.407. The van der Waals surface area contributed by atoms with Gasteiger partial charge in [0.2, 0.25) is 0 Å². The van der Waals surface area contributed by atoms with E-state index in [0.29, 0.717) is 18.8 Å². The smallest absolute Gasteiger partial charge is 0.152 e. The molecule has 0 N–H and O–H groups in total. The first kappa shape index (κ1) is 19.6. The maximum absolute atomic E-state index is 12.4. The van der Waals surface area contributed by atoms with Crippen molar-refractivity contribution in [3.63, 3.8) is 0 Å². The number of hydrogen-bond acceptors (Lipinski definition) is 4. The quantitative estimate of drug-likeness (QED) is 0.777. The van der Waals surface area contributed by atoms with Gasteiger partial charge in [0.1, 0.15) is 0 Å². The lowest BCUT2D eigenvalue weighted by Gasteiger charge is -2.32. The molecule has 5 heteroatoms. The highest BCUT2D eigenvalue weighted by Gasteiger charge is 2.32. The molecule has 1 aliphatic rings. The summed E-state index contributed by atoms with van der Waals surface area (Å²) in [6.07, 6.45) is 0.772. The Bertz CT molecular complexity index is 910. The van der Waals surface area contributed by atoms with Crippen molar-refractivity contribution in [2.75, 3.05) is 19.0 Å². The molecule has 1 fully saturated rings. The predicted molar refractivity (Wildman–Crippen MR) is 107 cm³/mol. The highest BCUT2D eigenvalue weighted by Crippen LogP contribution is 2.34. The normalized spacial score (nSPS) is 20.4. The molecule has 1 aliphatic heterocycles. The zero-order chi connectivity index (χ0) is 19.4. The Balaban J connectivity index is 1.80. The van der Waals surface area contributed by atoms with E-state index in [0.717, 1.165) is 23.1 Å². The summed E-state index contributed by atoms with van der Waals surface area (Å²) in [5.41, 5.74) is 3.89. The van der Waals surface area contributed by atoms with E-state index in [1.54, 1.807) is 13.8 Å². The average molecular weight is 384 g/mol. The van der Waals surface area contributed by atoms with Crippen LogP contribution in [0.25, 0.3) is 11.1 Å². The summed E-state index contributed by atoms with van der Waals surface area (Å²) >= 11 is 0. The minimum absolute atomic E-state index is 0.0897. The molecular formula is C22H25NO3S. The van der Waals surface area contributed by atoms with Gasteiger partial charge < -0.3 is 4.74 Å². The van der Waals surface area contributed by atoms with Crippen LogP contribution in [0.15, 0.2) is 48.5 Å². The molecule has 0 spiro atoms. The predicted octanol–water partition coefficient (Wildman–Crippen LogP) is 4.17. The summed E-state index contributed by atoms with van der Waals surface area (Å²) in [7, 11) is -3.08. The Kier molecular flexibility index (Phi) is 5.98. The first-order valence-electron chi connectivity index (χ1n) is 9.30. The molecule has 0 radical (unpaired) electrons. The summed E-state index contributed by atoms with van der Waals surface area (Å²) in [6.45, 7) is 4.68. The van der Waals surface area contributed by atoms with Crippen molar-refractivity contribution in [2.24, 2.45) is 5.92 Å². The molecule has 0 bridgehead atoms. The third-order valence-electron chi connectivity index (χ3n) is 5.35. The topological polar surface area (TPSA) is 67.2 Å². The Morgan fingerprint density at radius 3 is 2.22 bits per heavy atom. The Hall–Kier alpha value is -2.16. The maximum atomic E-state index is 12.4. The second-order valence-corrected chi connectivity index (χ2v) is 10.0. The van der Waals surface area contributed by atoms with Gasteiger partial charge in [-0.1, -0.05) is 36.4 Å². The third kappa shape index (κ3) is 4.58. The lowest BCUT2D eigenvalue weighted by atomic mass is 9.84. The van der Waals surface area contributed by atoms with Crippen LogP contribution in [0.3, 0.4) is 0 Å². The molecule has 4 nitrogen and oxygen atoms in total. The fraction of sp³-hybridized carbons (Fsp3) is 0.409. The molecule has 3 rings (SSSR count). The van der Waals surface area contributed by atoms with Gasteiger partial charge >= 0.3 is 0 Å². The molecule has 1 saturated heterocycles. The van der Waals surface area contributed by atoms with Gasteiger partial charge in [0.25, 0.3) is 0 Å². The summed E-state index contributed by atoms with van der Waals surface area (Å²) in [4.78, 5) is 0. The number of rotatable bonds is 5. The average Bonchev–Trinajstić information content (AvgIpc) is 2.68. The van der Waals surface area contributed by atoms with Gasteiger partial charge in [-0.3, -0.25) is 0 Å². The van der Waals surface area contributed by atoms with Gasteiger partial charge in [0.05, 0.1) is 29.2 Å². The monoisotopic (exact) mass is 383 g/mol. The van der Waals surface area contributed by atoms with E-state index in [2.05, 4.69) is 30.3 Å². The van der Waals surface area contributed by atoms with Crippen LogP contribution in [0, 0.1) is 17.2 Å². The summed E-state index contributed by atoms with van der Waals surface area (Å²) < 4.78 is 30.5. The fourth-order valence-corrected chi connectivity index (χ4v) is 4.88. The molecule has 2 atom stereocenters. The molecule has 27 heavy (non-hydrogen) atoms. The van der Waals surface area contributed by atoms with E-state index in [1.807, 2.05) is 24.3 Å². The minimum atomic E-state index is -3.08. The number of nitrogens with zero attached hydrogens (tertiary/aromatic N) is 1. The minimum Gasteiger partial charge on any atom is -0.381 e. The van der Waals surface area contributed by atoms with Crippen LogP contribution >= 0.6 is 0 Å². The van der Waals surface area contributed by atoms with E-state index in [1.165, 1.54) is 0 Å². The number of nitriles is 1. The number of hydrogen-bond donors (Lipinski definition) is 0. The van der Waals surface area contributed by atoms with Crippen molar-refractivity contribution >= 4 is 9.84 Å². The first-order valence-corrected chi connectivity index (χ1v) is 11.0. The molecule has 1 heterocycles. The molecular weight excluding hydrogens is 358 g/mol. The van der Waals surface area contributed by atoms with Gasteiger partial charge in [-0.15, -0.1) is 0 Å². The lowest BCUT2D eigenvalue weighted by molar-refractivity contribution is 0.0531. The van der Waals surface area contributed by atoms with Crippen molar-refractivity contribution in [3.8, 4) is 17.2 Å². The molecule has 142 valence electrons. The Labute approximate surface area is 161 Å². The molecule has 0 unspecified atom stereocenters. The second kappa shape index (κ2) is 8.24. The molecule has 2 aromatic carbocycles. The third-order valence-corrected chi connectivity index (χ3v) is 7.68. The second-order valence-electron chi connectivity index (χ2n) is 7.42. The first-order chi connectivity index (χ1) is 12.9. The van der Waals surface area contributed by atoms with Crippen LogP contribution in [-0.2, 0) is 14.6 Å². The number of ether oxygens (including phenoxy) is 1. The number of sulfone groups is 1. The Morgan fingerprint density at radius 2 is 1.67 bits per heavy atom. The number of benzene rings is 2. The van der Waals surface area contributed by atoms with Crippen LogP contribution in [0.5, 0.6) is 0 Å². The summed E-state index contributed by atoms with van der Waals surface area (Å²) in [5, 5.41) is 8.57. The lowest BCUT2D eigenvalue weighted by Crippen LogP contribution is -2.33. The highest BCUT2D eigenvalue weighted by molar-refractivity contribution is 7.91. The van der Waals surface area contributed by atoms with E-state index >= 15 is 0 Å². The van der Waals surface area contributed by atoms with Crippen molar-refractivity contribution in [2.45, 2.75) is 31.4 Å². The molecule has 0 aromatic heterocycles. The molecule has 2 aromatic rings. The fourth-order valence-electron chi connectivity index (χ4n) is 3.50. The van der Waals surface area contributed by atoms with Crippen molar-refractivity contribution in [3.05, 3.63) is 59.7 Å². The van der Waals surface area contributed by atoms with E-state index in [-0.39, 0.29) is 22.8 Å². The zero-order valence-electron chi connectivity index (χ0n) is 15.8. The summed E-state index contributed by atoms with van der Waals surface area (Å²) in [6, 6.07) is 17.9. The zero-order valence-corrected chi connectivity index (χ0v) is 16.6. The molecule has 0 saturated carbocycles. The maximum Gasteiger partial charge on any atom is 0.152 e. The van der Waals surface area contributed by atoms with E-state index in [9.17, 15) is 8.42 Å². The molecule has 0 amide bonds. The highest BCUT2D eigenvalue weighted by atomic mass is 32.2. The van der Waals surface area contributed by atoms with E-state index in [4.69, 9.17) is 10.00 Å². The van der Waals surface area contributed by atoms with Crippen LogP contribution in [0.2, 0.25) is 0 Å². The van der Waals surface area contributed by atoms with Crippen molar-refractivity contribution < 1.29 is 13.2 Å². The standard InChI is InChI=1S/C22H25NO3S/c1-16(2)27(24,25)15-21-11-12-26-14-22(21)20-9-7-19(8-10-20)18-5-3-17(13-23)4-6-18/h3-10,16,21-22H,11-12,14-15H2,1-2H3/t21-,22+/m0/s1. The van der Waals surface area contributed by atoms with Gasteiger partial charge in [-0.25, -0.2) is 8.42 Å². The van der Waals surface area contributed by atoms with Crippen molar-refractivity contribution in [1.29, 1.82) is 5.26 Å². The molecule has 0 aliphatic carbocycles. The van der Waals surface area contributed by atoms with E-state index < -0.39 is 9.84 Å². The van der Waals surface area contributed by atoms with Gasteiger partial charge in [-0.05, 0) is 55.0 Å². The van der Waals surface area contributed by atoms with Gasteiger partial charge in [0, 0.05) is 12.5 Å². The Morgan fingerprint density at radius 1 is 1.07 bits per heavy atom. The van der Waals surface area contributed by atoms with Crippen molar-refractivity contribution in [1.82, 2.24) is 0 Å². The van der Waals surface area contributed by atoms with Crippen LogP contribution in [-0.4, -0.2) is 32.6 Å².